The average Bonchev–Trinajstić information content (AvgIpc) is 3.17. The first kappa shape index (κ1) is 17.2. The standard InChI is InChI=1S/C17H21N5O3S/c1-20-14(4-6-19-20)17(23)22-8-7-21(10-13-3-2-5-18-9-13)15-11-26(24,25)12-16(15)22/h2-6,9,15-16H,7-8,10-12H2,1H3. The molecule has 2 unspecified atom stereocenters. The summed E-state index contributed by atoms with van der Waals surface area (Å²) in [5, 5.41) is 4.05. The molecule has 2 fully saturated rings. The van der Waals surface area contributed by atoms with Crippen LogP contribution in [0.5, 0.6) is 0 Å². The van der Waals surface area contributed by atoms with Gasteiger partial charge in [0.05, 0.1) is 17.5 Å². The van der Waals surface area contributed by atoms with Crippen molar-refractivity contribution in [2.75, 3.05) is 24.6 Å². The third-order valence-electron chi connectivity index (χ3n) is 5.20. The second kappa shape index (κ2) is 6.48. The third kappa shape index (κ3) is 3.12. The number of carbonyl (C=O) groups excluding carboxylic acids is 1. The normalized spacial score (nSPS) is 25.2. The summed E-state index contributed by atoms with van der Waals surface area (Å²) in [5.41, 5.74) is 1.52. The Labute approximate surface area is 152 Å². The molecular weight excluding hydrogens is 354 g/mol. The van der Waals surface area contributed by atoms with E-state index in [-0.39, 0.29) is 29.5 Å². The number of nitrogens with zero attached hydrogens (tertiary/aromatic N) is 5. The van der Waals surface area contributed by atoms with Gasteiger partial charge in [0.1, 0.15) is 5.69 Å². The highest BCUT2D eigenvalue weighted by atomic mass is 32.2. The van der Waals surface area contributed by atoms with E-state index >= 15 is 0 Å². The van der Waals surface area contributed by atoms with Crippen LogP contribution in [0.3, 0.4) is 0 Å². The zero-order valence-corrected chi connectivity index (χ0v) is 15.3. The highest BCUT2D eigenvalue weighted by Gasteiger charge is 2.48. The van der Waals surface area contributed by atoms with Crippen molar-refractivity contribution in [1.82, 2.24) is 24.6 Å². The van der Waals surface area contributed by atoms with Gasteiger partial charge in [-0.2, -0.15) is 5.10 Å². The van der Waals surface area contributed by atoms with E-state index in [2.05, 4.69) is 15.0 Å². The van der Waals surface area contributed by atoms with Crippen molar-refractivity contribution in [3.05, 3.63) is 48.0 Å². The number of hydrogen-bond donors (Lipinski definition) is 0. The van der Waals surface area contributed by atoms with Crippen LogP contribution < -0.4 is 0 Å². The Morgan fingerprint density at radius 3 is 2.69 bits per heavy atom. The van der Waals surface area contributed by atoms with Gasteiger partial charge >= 0.3 is 0 Å². The monoisotopic (exact) mass is 375 g/mol. The summed E-state index contributed by atoms with van der Waals surface area (Å²) in [4.78, 5) is 21.0. The summed E-state index contributed by atoms with van der Waals surface area (Å²) in [6, 6.07) is 5.01. The smallest absolute Gasteiger partial charge is 0.272 e. The Kier molecular flexibility index (Phi) is 4.28. The fourth-order valence-electron chi connectivity index (χ4n) is 3.93. The maximum atomic E-state index is 12.9. The van der Waals surface area contributed by atoms with E-state index in [1.54, 1.807) is 36.6 Å². The lowest BCUT2D eigenvalue weighted by molar-refractivity contribution is 0.0297. The molecule has 0 aliphatic carbocycles. The summed E-state index contributed by atoms with van der Waals surface area (Å²) in [7, 11) is -1.46. The first-order chi connectivity index (χ1) is 12.4. The zero-order valence-electron chi connectivity index (χ0n) is 14.5. The first-order valence-electron chi connectivity index (χ1n) is 8.57. The highest BCUT2D eigenvalue weighted by molar-refractivity contribution is 7.91. The van der Waals surface area contributed by atoms with E-state index in [1.165, 1.54) is 4.68 Å². The molecule has 2 aromatic rings. The molecule has 2 aliphatic heterocycles. The van der Waals surface area contributed by atoms with Crippen molar-refractivity contribution >= 4 is 15.7 Å². The Morgan fingerprint density at radius 1 is 1.19 bits per heavy atom. The molecule has 0 spiro atoms. The van der Waals surface area contributed by atoms with Crippen LogP contribution in [0, 0.1) is 0 Å². The van der Waals surface area contributed by atoms with E-state index in [1.807, 2.05) is 12.1 Å². The topological polar surface area (TPSA) is 88.4 Å². The third-order valence-corrected chi connectivity index (χ3v) is 6.90. The van der Waals surface area contributed by atoms with E-state index in [4.69, 9.17) is 0 Å². The fourth-order valence-corrected chi connectivity index (χ4v) is 5.94. The molecule has 2 aliphatic rings. The predicted octanol–water partition coefficient (Wildman–Crippen LogP) is -0.0613. The van der Waals surface area contributed by atoms with Gasteiger partial charge in [-0.3, -0.25) is 19.4 Å². The Bertz CT molecular complexity index is 911. The number of fused-ring (bicyclic) bond motifs is 1. The van der Waals surface area contributed by atoms with Crippen LogP contribution in [0.25, 0.3) is 0 Å². The molecule has 0 aromatic carbocycles. The van der Waals surface area contributed by atoms with Crippen molar-refractivity contribution in [3.63, 3.8) is 0 Å². The van der Waals surface area contributed by atoms with E-state index in [0.717, 1.165) is 5.56 Å². The van der Waals surface area contributed by atoms with Crippen LogP contribution in [0.15, 0.2) is 36.8 Å². The number of hydrogen-bond acceptors (Lipinski definition) is 6. The number of carbonyl (C=O) groups is 1. The van der Waals surface area contributed by atoms with E-state index in [9.17, 15) is 13.2 Å². The number of aromatic nitrogens is 3. The summed E-state index contributed by atoms with van der Waals surface area (Å²) < 4.78 is 26.2. The van der Waals surface area contributed by atoms with Gasteiger partial charge in [0.15, 0.2) is 9.84 Å². The maximum absolute atomic E-state index is 12.9. The van der Waals surface area contributed by atoms with Gasteiger partial charge in [-0.1, -0.05) is 6.07 Å². The van der Waals surface area contributed by atoms with Crippen molar-refractivity contribution < 1.29 is 13.2 Å². The molecule has 2 aromatic heterocycles. The van der Waals surface area contributed by atoms with Crippen LogP contribution in [0.4, 0.5) is 0 Å². The summed E-state index contributed by atoms with van der Waals surface area (Å²) in [6.45, 7) is 1.77. The SMILES string of the molecule is Cn1nccc1C(=O)N1CCN(Cc2cccnc2)C2CS(=O)(=O)CC21. The second-order valence-electron chi connectivity index (χ2n) is 6.88. The van der Waals surface area contributed by atoms with Crippen LogP contribution >= 0.6 is 0 Å². The van der Waals surface area contributed by atoms with Crippen molar-refractivity contribution in [1.29, 1.82) is 0 Å². The molecule has 4 rings (SSSR count). The van der Waals surface area contributed by atoms with Gasteiger partial charge in [0, 0.05) is 51.3 Å². The zero-order chi connectivity index (χ0) is 18.3. The van der Waals surface area contributed by atoms with Crippen LogP contribution in [0.1, 0.15) is 16.1 Å². The first-order valence-corrected chi connectivity index (χ1v) is 10.4. The van der Waals surface area contributed by atoms with E-state index < -0.39 is 9.84 Å². The van der Waals surface area contributed by atoms with Crippen molar-refractivity contribution in [3.8, 4) is 0 Å². The molecule has 0 N–H and O–H groups in total. The minimum Gasteiger partial charge on any atom is -0.330 e. The number of rotatable bonds is 3. The molecule has 4 heterocycles. The van der Waals surface area contributed by atoms with Crippen LogP contribution in [-0.2, 0) is 23.4 Å². The maximum Gasteiger partial charge on any atom is 0.272 e. The van der Waals surface area contributed by atoms with Crippen LogP contribution in [-0.4, -0.2) is 75.6 Å². The lowest BCUT2D eigenvalue weighted by atomic mass is 10.0. The van der Waals surface area contributed by atoms with Gasteiger partial charge in [-0.15, -0.1) is 0 Å². The molecule has 0 radical (unpaired) electrons. The van der Waals surface area contributed by atoms with Gasteiger partial charge in [-0.25, -0.2) is 8.42 Å². The Hall–Kier alpha value is -2.26. The minimum absolute atomic E-state index is 0.0186. The van der Waals surface area contributed by atoms with Gasteiger partial charge < -0.3 is 4.90 Å². The number of sulfone groups is 1. The minimum atomic E-state index is -3.17. The van der Waals surface area contributed by atoms with Crippen LogP contribution in [0.2, 0.25) is 0 Å². The molecule has 2 saturated heterocycles. The molecule has 1 amide bonds. The number of piperazine rings is 1. The molecular formula is C17H21N5O3S. The quantitative estimate of drug-likeness (QED) is 0.747. The molecule has 0 saturated carbocycles. The molecule has 2 atom stereocenters. The van der Waals surface area contributed by atoms with Gasteiger partial charge in [0.2, 0.25) is 0 Å². The molecule has 0 bridgehead atoms. The largest absolute Gasteiger partial charge is 0.330 e. The Morgan fingerprint density at radius 2 is 2.00 bits per heavy atom. The molecule has 138 valence electrons. The van der Waals surface area contributed by atoms with Gasteiger partial charge in [-0.05, 0) is 17.7 Å². The summed E-state index contributed by atoms with van der Waals surface area (Å²) in [6.07, 6.45) is 5.09. The number of pyridine rings is 1. The second-order valence-corrected chi connectivity index (χ2v) is 9.04. The summed E-state index contributed by atoms with van der Waals surface area (Å²) in [5.74, 6) is -0.0455. The number of aryl methyl sites for hydroxylation is 1. The van der Waals surface area contributed by atoms with Crippen molar-refractivity contribution in [2.24, 2.45) is 7.05 Å². The lowest BCUT2D eigenvalue weighted by Crippen LogP contribution is -2.60. The fraction of sp³-hybridized carbons (Fsp3) is 0.471. The molecule has 26 heavy (non-hydrogen) atoms. The Balaban J connectivity index is 1.60. The lowest BCUT2D eigenvalue weighted by Gasteiger charge is -2.43. The van der Waals surface area contributed by atoms with E-state index in [0.29, 0.717) is 25.3 Å². The highest BCUT2D eigenvalue weighted by Crippen LogP contribution is 2.29. The molecule has 8 nitrogen and oxygen atoms in total. The van der Waals surface area contributed by atoms with Gasteiger partial charge in [0.25, 0.3) is 5.91 Å². The van der Waals surface area contributed by atoms with Crippen molar-refractivity contribution in [2.45, 2.75) is 18.6 Å². The predicted molar refractivity (Wildman–Crippen MR) is 95.1 cm³/mol. The average molecular weight is 375 g/mol. The summed E-state index contributed by atoms with van der Waals surface area (Å²) >= 11 is 0. The molecule has 9 heteroatoms. The number of amides is 1.